The van der Waals surface area contributed by atoms with Gasteiger partial charge in [0.2, 0.25) is 0 Å². The molecule has 10 heteroatoms. The van der Waals surface area contributed by atoms with Crippen molar-refractivity contribution >= 4 is 5.69 Å². The molecule has 0 aliphatic carbocycles. The second kappa shape index (κ2) is 7.28. The molecule has 0 amide bonds. The molecule has 0 fully saturated rings. The van der Waals surface area contributed by atoms with Crippen LogP contribution >= 0.6 is 0 Å². The van der Waals surface area contributed by atoms with Gasteiger partial charge in [-0.1, -0.05) is 18.5 Å². The van der Waals surface area contributed by atoms with Crippen molar-refractivity contribution in [1.82, 2.24) is 10.1 Å². The minimum atomic E-state index is -4.68. The summed E-state index contributed by atoms with van der Waals surface area (Å²) in [4.78, 5) is 14.0. The van der Waals surface area contributed by atoms with Crippen molar-refractivity contribution in [2.24, 2.45) is 0 Å². The van der Waals surface area contributed by atoms with Crippen molar-refractivity contribution in [3.05, 3.63) is 45.6 Å². The SMILES string of the molecule is CCCCc1noc(COc2ccc(C(F)(F)F)cc2[N+](=O)[O-])n1. The van der Waals surface area contributed by atoms with Gasteiger partial charge in [0.1, 0.15) is 0 Å². The lowest BCUT2D eigenvalue weighted by atomic mass is 10.2. The van der Waals surface area contributed by atoms with Crippen molar-refractivity contribution < 1.29 is 27.4 Å². The van der Waals surface area contributed by atoms with Crippen molar-refractivity contribution in [1.29, 1.82) is 0 Å². The van der Waals surface area contributed by atoms with E-state index < -0.39 is 22.4 Å². The van der Waals surface area contributed by atoms with Crippen LogP contribution < -0.4 is 4.74 Å². The molecule has 0 atom stereocenters. The van der Waals surface area contributed by atoms with E-state index in [-0.39, 0.29) is 18.2 Å². The topological polar surface area (TPSA) is 91.3 Å². The Hall–Kier alpha value is -2.65. The van der Waals surface area contributed by atoms with E-state index in [1.807, 2.05) is 6.92 Å². The van der Waals surface area contributed by atoms with E-state index in [1.165, 1.54) is 0 Å². The van der Waals surface area contributed by atoms with Crippen LogP contribution in [-0.2, 0) is 19.2 Å². The molecule has 0 saturated heterocycles. The Labute approximate surface area is 134 Å². The molecule has 2 aromatic rings. The van der Waals surface area contributed by atoms with Crippen LogP contribution in [0.5, 0.6) is 5.75 Å². The Morgan fingerprint density at radius 2 is 2.12 bits per heavy atom. The number of alkyl halides is 3. The Bertz CT molecular complexity index is 716. The van der Waals surface area contributed by atoms with Gasteiger partial charge in [-0.15, -0.1) is 0 Å². The van der Waals surface area contributed by atoms with Gasteiger partial charge in [-0.3, -0.25) is 10.1 Å². The number of hydrogen-bond donors (Lipinski definition) is 0. The molecule has 1 aromatic heterocycles. The van der Waals surface area contributed by atoms with E-state index in [4.69, 9.17) is 9.26 Å². The first-order chi connectivity index (χ1) is 11.3. The molecule has 0 saturated carbocycles. The highest BCUT2D eigenvalue weighted by molar-refractivity contribution is 5.49. The van der Waals surface area contributed by atoms with Gasteiger partial charge in [0.05, 0.1) is 10.5 Å². The van der Waals surface area contributed by atoms with E-state index >= 15 is 0 Å². The molecule has 0 bridgehead atoms. The van der Waals surface area contributed by atoms with Gasteiger partial charge in [-0.05, 0) is 18.6 Å². The summed E-state index contributed by atoms with van der Waals surface area (Å²) < 4.78 is 48.0. The highest BCUT2D eigenvalue weighted by Crippen LogP contribution is 2.36. The highest BCUT2D eigenvalue weighted by Gasteiger charge is 2.33. The third-order valence-corrected chi connectivity index (χ3v) is 3.10. The maximum Gasteiger partial charge on any atom is 0.416 e. The van der Waals surface area contributed by atoms with Crippen LogP contribution in [0.15, 0.2) is 22.7 Å². The summed E-state index contributed by atoms with van der Waals surface area (Å²) in [5, 5.41) is 14.7. The lowest BCUT2D eigenvalue weighted by molar-refractivity contribution is -0.386. The van der Waals surface area contributed by atoms with Crippen LogP contribution in [0.3, 0.4) is 0 Å². The highest BCUT2D eigenvalue weighted by atomic mass is 19.4. The Balaban J connectivity index is 2.11. The van der Waals surface area contributed by atoms with Gasteiger partial charge < -0.3 is 9.26 Å². The average Bonchev–Trinajstić information content (AvgIpc) is 2.97. The molecule has 1 aromatic carbocycles. The predicted molar refractivity (Wildman–Crippen MR) is 75.3 cm³/mol. The third-order valence-electron chi connectivity index (χ3n) is 3.10. The summed E-state index contributed by atoms with van der Waals surface area (Å²) >= 11 is 0. The van der Waals surface area contributed by atoms with Crippen molar-refractivity contribution in [3.63, 3.8) is 0 Å². The largest absolute Gasteiger partial charge is 0.477 e. The number of hydrogen-bond acceptors (Lipinski definition) is 6. The fourth-order valence-electron chi connectivity index (χ4n) is 1.88. The van der Waals surface area contributed by atoms with Crippen LogP contribution in [-0.4, -0.2) is 15.1 Å². The second-order valence-electron chi connectivity index (χ2n) is 4.93. The zero-order valence-electron chi connectivity index (χ0n) is 12.7. The van der Waals surface area contributed by atoms with Gasteiger partial charge >= 0.3 is 11.9 Å². The number of aryl methyl sites for hydroxylation is 1. The lowest BCUT2D eigenvalue weighted by Gasteiger charge is -2.09. The number of nitro groups is 1. The Morgan fingerprint density at radius 3 is 2.75 bits per heavy atom. The van der Waals surface area contributed by atoms with Crippen LogP contribution in [0.25, 0.3) is 0 Å². The zero-order chi connectivity index (χ0) is 17.7. The average molecular weight is 345 g/mol. The first-order valence-electron chi connectivity index (χ1n) is 7.11. The Kier molecular flexibility index (Phi) is 5.37. The first-order valence-corrected chi connectivity index (χ1v) is 7.11. The normalized spacial score (nSPS) is 11.5. The summed E-state index contributed by atoms with van der Waals surface area (Å²) in [7, 11) is 0. The maximum absolute atomic E-state index is 12.6. The molecule has 0 spiro atoms. The molecule has 0 aliphatic rings. The number of aromatic nitrogens is 2. The molecular weight excluding hydrogens is 331 g/mol. The van der Waals surface area contributed by atoms with Crippen LogP contribution in [0, 0.1) is 10.1 Å². The van der Waals surface area contributed by atoms with Crippen LogP contribution in [0.2, 0.25) is 0 Å². The number of unbranched alkanes of at least 4 members (excludes halogenated alkanes) is 1. The molecule has 130 valence electrons. The molecule has 1 heterocycles. The zero-order valence-corrected chi connectivity index (χ0v) is 12.7. The number of halogens is 3. The number of nitro benzene ring substituents is 1. The van der Waals surface area contributed by atoms with Gasteiger partial charge in [0.25, 0.3) is 5.89 Å². The molecule has 24 heavy (non-hydrogen) atoms. The molecule has 0 unspecified atom stereocenters. The van der Waals surface area contributed by atoms with Gasteiger partial charge in [-0.2, -0.15) is 18.2 Å². The third kappa shape index (κ3) is 4.43. The minimum absolute atomic E-state index is 0.0929. The monoisotopic (exact) mass is 345 g/mol. The number of ether oxygens (including phenoxy) is 1. The summed E-state index contributed by atoms with van der Waals surface area (Å²) in [6, 6.07) is 2.04. The fourth-order valence-corrected chi connectivity index (χ4v) is 1.88. The summed E-state index contributed by atoms with van der Waals surface area (Å²) in [5.74, 6) is 0.272. The lowest BCUT2D eigenvalue weighted by Crippen LogP contribution is -2.07. The molecular formula is C14H14F3N3O4. The minimum Gasteiger partial charge on any atom is -0.477 e. The number of nitrogens with zero attached hydrogens (tertiary/aromatic N) is 3. The molecule has 7 nitrogen and oxygen atoms in total. The van der Waals surface area contributed by atoms with Crippen molar-refractivity contribution in [2.45, 2.75) is 39.0 Å². The summed E-state index contributed by atoms with van der Waals surface area (Å²) in [5.41, 5.74) is -1.91. The van der Waals surface area contributed by atoms with Crippen molar-refractivity contribution in [3.8, 4) is 5.75 Å². The summed E-state index contributed by atoms with van der Waals surface area (Å²) in [6.45, 7) is 1.74. The maximum atomic E-state index is 12.6. The van der Waals surface area contributed by atoms with Gasteiger partial charge in [0, 0.05) is 12.5 Å². The molecule has 0 radical (unpaired) electrons. The van der Waals surface area contributed by atoms with E-state index in [1.54, 1.807) is 0 Å². The van der Waals surface area contributed by atoms with Crippen LogP contribution in [0.1, 0.15) is 37.0 Å². The summed E-state index contributed by atoms with van der Waals surface area (Å²) in [6.07, 6.45) is -2.22. The molecule has 2 rings (SSSR count). The molecule has 0 aliphatic heterocycles. The van der Waals surface area contributed by atoms with Crippen molar-refractivity contribution in [2.75, 3.05) is 0 Å². The van der Waals surface area contributed by atoms with E-state index in [2.05, 4.69) is 10.1 Å². The second-order valence-corrected chi connectivity index (χ2v) is 4.93. The van der Waals surface area contributed by atoms with Gasteiger partial charge in [-0.25, -0.2) is 0 Å². The fraction of sp³-hybridized carbons (Fsp3) is 0.429. The number of rotatable bonds is 7. The first kappa shape index (κ1) is 17.7. The quantitative estimate of drug-likeness (QED) is 0.558. The van der Waals surface area contributed by atoms with E-state index in [0.29, 0.717) is 24.4 Å². The predicted octanol–water partition coefficient (Wildman–Crippen LogP) is 3.92. The smallest absolute Gasteiger partial charge is 0.416 e. The standard InChI is InChI=1S/C14H14F3N3O4/c1-2-3-4-12-18-13(24-19-12)8-23-11-6-5-9(14(15,16)17)7-10(11)20(21)22/h5-7H,2-4,8H2,1H3. The molecule has 0 N–H and O–H groups in total. The van der Waals surface area contributed by atoms with Crippen LogP contribution in [0.4, 0.5) is 18.9 Å². The van der Waals surface area contributed by atoms with Gasteiger partial charge in [0.15, 0.2) is 18.2 Å². The van der Waals surface area contributed by atoms with E-state index in [9.17, 15) is 23.3 Å². The number of benzene rings is 1. The van der Waals surface area contributed by atoms with E-state index in [0.717, 1.165) is 18.9 Å². The Morgan fingerprint density at radius 1 is 1.38 bits per heavy atom.